The molecule has 36 heavy (non-hydrogen) atoms. The molecule has 9 heteroatoms. The van der Waals surface area contributed by atoms with Crippen LogP contribution in [-0.2, 0) is 19.5 Å². The zero-order chi connectivity index (χ0) is 26.7. The number of carbonyl (C=O) groups is 1. The first-order valence-electron chi connectivity index (χ1n) is 14.4. The molecule has 0 saturated carbocycles. The van der Waals surface area contributed by atoms with Crippen LogP contribution in [0.1, 0.15) is 116 Å². The normalized spacial score (nSPS) is 12.5. The fourth-order valence-corrected chi connectivity index (χ4v) is 6.13. The average molecular weight is 647 g/mol. The van der Waals surface area contributed by atoms with Crippen LogP contribution in [0.25, 0.3) is 0 Å². The van der Waals surface area contributed by atoms with E-state index in [0.29, 0.717) is 19.6 Å². The average Bonchev–Trinajstić information content (AvgIpc) is 2.86. The van der Waals surface area contributed by atoms with Crippen molar-refractivity contribution in [2.24, 2.45) is 5.92 Å². The van der Waals surface area contributed by atoms with Crippen molar-refractivity contribution in [3.8, 4) is 0 Å². The van der Waals surface area contributed by atoms with Gasteiger partial charge >= 0.3 is 6.09 Å². The first-order chi connectivity index (χ1) is 17.4. The number of halogens is 1. The summed E-state index contributed by atoms with van der Waals surface area (Å²) in [7, 11) is -1.75. The number of hydrogen-bond donors (Lipinski definition) is 2. The van der Waals surface area contributed by atoms with Crippen molar-refractivity contribution in [2.45, 2.75) is 116 Å². The summed E-state index contributed by atoms with van der Waals surface area (Å²) in [5.41, 5.74) is 0. The third-order valence-corrected chi connectivity index (χ3v) is 8.49. The van der Waals surface area contributed by atoms with Crippen LogP contribution < -0.4 is 10.0 Å². The van der Waals surface area contributed by atoms with Crippen LogP contribution in [-0.4, -0.2) is 58.1 Å². The second-order valence-corrected chi connectivity index (χ2v) is 12.9. The number of sulfonamides is 1. The highest BCUT2D eigenvalue weighted by atomic mass is 127. The summed E-state index contributed by atoms with van der Waals surface area (Å²) in [5.74, 6) is -0.110. The number of rotatable bonds is 27. The maximum Gasteiger partial charge on any atom is 0.407 e. The van der Waals surface area contributed by atoms with E-state index in [1.807, 2.05) is 0 Å². The molecule has 0 rings (SSSR count). The van der Waals surface area contributed by atoms with Gasteiger partial charge in [-0.2, -0.15) is 0 Å². The monoisotopic (exact) mass is 646 g/mol. The Morgan fingerprint density at radius 3 is 1.75 bits per heavy atom. The van der Waals surface area contributed by atoms with E-state index in [4.69, 9.17) is 9.47 Å². The highest BCUT2D eigenvalue weighted by molar-refractivity contribution is 14.1. The van der Waals surface area contributed by atoms with Gasteiger partial charge in [-0.25, -0.2) is 17.9 Å². The van der Waals surface area contributed by atoms with Crippen molar-refractivity contribution in [3.63, 3.8) is 0 Å². The molecule has 0 heterocycles. The lowest BCUT2D eigenvalue weighted by atomic mass is 10.0. The number of unbranched alkanes of at least 4 members (excludes halogenated alkanes) is 15. The van der Waals surface area contributed by atoms with E-state index in [1.54, 1.807) is 7.11 Å². The number of ether oxygens (including phenoxy) is 2. The number of nitrogens with one attached hydrogen (secondary N) is 2. The molecule has 2 N–H and O–H groups in total. The fraction of sp³-hybridized carbons (Fsp3) is 0.963. The van der Waals surface area contributed by atoms with Crippen LogP contribution in [0.5, 0.6) is 0 Å². The van der Waals surface area contributed by atoms with Gasteiger partial charge in [0.15, 0.2) is 0 Å². The van der Waals surface area contributed by atoms with Crippen LogP contribution in [0.15, 0.2) is 0 Å². The van der Waals surface area contributed by atoms with Gasteiger partial charge in [0.2, 0.25) is 10.0 Å². The van der Waals surface area contributed by atoms with Gasteiger partial charge in [-0.15, -0.1) is 0 Å². The predicted octanol–water partition coefficient (Wildman–Crippen LogP) is 6.98. The van der Waals surface area contributed by atoms with E-state index in [-0.39, 0.29) is 24.8 Å². The van der Waals surface area contributed by atoms with Gasteiger partial charge in [0, 0.05) is 30.5 Å². The molecule has 0 aromatic carbocycles. The lowest BCUT2D eigenvalue weighted by Gasteiger charge is -2.17. The summed E-state index contributed by atoms with van der Waals surface area (Å²) >= 11 is 2.16. The molecule has 1 atom stereocenters. The van der Waals surface area contributed by atoms with Gasteiger partial charge in [0.25, 0.3) is 0 Å². The van der Waals surface area contributed by atoms with Gasteiger partial charge in [0.05, 0.1) is 19.0 Å². The second kappa shape index (κ2) is 26.5. The number of hydrogen-bond acceptors (Lipinski definition) is 5. The number of alkyl halides is 1. The van der Waals surface area contributed by atoms with Crippen LogP contribution in [0.3, 0.4) is 0 Å². The Bertz CT molecular complexity index is 593. The largest absolute Gasteiger partial charge is 0.449 e. The van der Waals surface area contributed by atoms with Crippen molar-refractivity contribution in [3.05, 3.63) is 0 Å². The highest BCUT2D eigenvalue weighted by Crippen LogP contribution is 2.13. The maximum absolute atomic E-state index is 11.9. The van der Waals surface area contributed by atoms with Crippen molar-refractivity contribution >= 4 is 38.7 Å². The van der Waals surface area contributed by atoms with E-state index < -0.39 is 16.1 Å². The standard InChI is InChI=1S/C27H55IN2O5S/c1-3-4-5-6-7-8-9-10-11-12-13-14-15-16-17-18-21-29-27(31)35-25-26(24-34-2)23-30-36(32,33)22-19-20-28/h26,30H,3-25H2,1-2H3,(H,29,31). The Hall–Kier alpha value is -0.130. The Morgan fingerprint density at radius 2 is 1.28 bits per heavy atom. The number of alkyl carbamates (subject to hydrolysis) is 1. The molecule has 7 nitrogen and oxygen atoms in total. The smallest absolute Gasteiger partial charge is 0.407 e. The van der Waals surface area contributed by atoms with Crippen molar-refractivity contribution in [2.75, 3.05) is 43.6 Å². The maximum atomic E-state index is 11.9. The second-order valence-electron chi connectivity index (χ2n) is 9.86. The fourth-order valence-electron chi connectivity index (χ4n) is 4.07. The van der Waals surface area contributed by atoms with Gasteiger partial charge in [0.1, 0.15) is 0 Å². The highest BCUT2D eigenvalue weighted by Gasteiger charge is 2.16. The molecule has 0 aromatic heterocycles. The molecule has 0 spiro atoms. The zero-order valence-electron chi connectivity index (χ0n) is 23.2. The van der Waals surface area contributed by atoms with Crippen LogP contribution in [0.2, 0.25) is 0 Å². The first-order valence-corrected chi connectivity index (χ1v) is 17.6. The molecule has 0 bridgehead atoms. The van der Waals surface area contributed by atoms with Gasteiger partial charge in [-0.3, -0.25) is 0 Å². The molecule has 0 aromatic rings. The van der Waals surface area contributed by atoms with Crippen LogP contribution in [0.4, 0.5) is 4.79 Å². The summed E-state index contributed by atoms with van der Waals surface area (Å²) in [4.78, 5) is 11.9. The summed E-state index contributed by atoms with van der Waals surface area (Å²) in [6.07, 6.45) is 21.3. The van der Waals surface area contributed by atoms with Crippen molar-refractivity contribution in [1.29, 1.82) is 0 Å². The Kier molecular flexibility index (Phi) is 26.4. The molecule has 0 aliphatic carbocycles. The van der Waals surface area contributed by atoms with Gasteiger partial charge in [-0.1, -0.05) is 126 Å². The quantitative estimate of drug-likeness (QED) is 0.0571. The van der Waals surface area contributed by atoms with E-state index in [9.17, 15) is 13.2 Å². The summed E-state index contributed by atoms with van der Waals surface area (Å²) in [6, 6.07) is 0. The molecule has 0 radical (unpaired) electrons. The number of carbonyl (C=O) groups excluding carboxylic acids is 1. The van der Waals surface area contributed by atoms with E-state index in [0.717, 1.165) is 17.3 Å². The zero-order valence-corrected chi connectivity index (χ0v) is 26.1. The molecule has 0 fully saturated rings. The third-order valence-electron chi connectivity index (χ3n) is 6.29. The molecule has 1 amide bonds. The Morgan fingerprint density at radius 1 is 0.778 bits per heavy atom. The van der Waals surface area contributed by atoms with Gasteiger partial charge < -0.3 is 14.8 Å². The minimum atomic E-state index is -3.30. The number of methoxy groups -OCH3 is 1. The molecule has 0 aliphatic rings. The van der Waals surface area contributed by atoms with E-state index in [1.165, 1.54) is 89.9 Å². The van der Waals surface area contributed by atoms with Gasteiger partial charge in [-0.05, 0) is 12.8 Å². The number of amides is 1. The van der Waals surface area contributed by atoms with E-state index >= 15 is 0 Å². The van der Waals surface area contributed by atoms with Crippen molar-refractivity contribution < 1.29 is 22.7 Å². The summed E-state index contributed by atoms with van der Waals surface area (Å²) in [5, 5.41) is 2.79. The Labute approximate surface area is 236 Å². The lowest BCUT2D eigenvalue weighted by Crippen LogP contribution is -2.36. The SMILES string of the molecule is CCCCCCCCCCCCCCCCCCNC(=O)OCC(CNS(=O)(=O)CCCI)COC. The van der Waals surface area contributed by atoms with Crippen LogP contribution in [0, 0.1) is 5.92 Å². The Balaban J connectivity index is 3.58. The first kappa shape index (κ1) is 35.9. The van der Waals surface area contributed by atoms with E-state index in [2.05, 4.69) is 39.6 Å². The minimum absolute atomic E-state index is 0.107. The third kappa shape index (κ3) is 25.5. The molecular weight excluding hydrogens is 591 g/mol. The summed E-state index contributed by atoms with van der Waals surface area (Å²) < 4.78 is 37.7. The summed E-state index contributed by atoms with van der Waals surface area (Å²) in [6.45, 7) is 3.51. The molecule has 0 saturated heterocycles. The molecule has 216 valence electrons. The molecular formula is C27H55IN2O5S. The lowest BCUT2D eigenvalue weighted by molar-refractivity contribution is 0.0868. The molecule has 1 unspecified atom stereocenters. The van der Waals surface area contributed by atoms with Crippen LogP contribution >= 0.6 is 22.6 Å². The predicted molar refractivity (Wildman–Crippen MR) is 160 cm³/mol. The molecule has 0 aliphatic heterocycles. The minimum Gasteiger partial charge on any atom is -0.449 e. The van der Waals surface area contributed by atoms with Crippen molar-refractivity contribution in [1.82, 2.24) is 10.0 Å². The topological polar surface area (TPSA) is 93.7 Å².